The Bertz CT molecular complexity index is 1050. The van der Waals surface area contributed by atoms with E-state index in [1.165, 1.54) is 11.3 Å². The number of likely N-dealkylation sites (tertiary alicyclic amines) is 1. The van der Waals surface area contributed by atoms with E-state index in [0.717, 1.165) is 10.7 Å². The van der Waals surface area contributed by atoms with E-state index in [1.807, 2.05) is 18.7 Å². The van der Waals surface area contributed by atoms with Crippen LogP contribution in [0.1, 0.15) is 51.9 Å². The minimum absolute atomic E-state index is 0.0372. The summed E-state index contributed by atoms with van der Waals surface area (Å²) in [4.78, 5) is 24.5. The molecule has 9 nitrogen and oxygen atoms in total. The Balaban J connectivity index is 1.63. The summed E-state index contributed by atoms with van der Waals surface area (Å²) in [6.45, 7) is 8.07. The Kier molecular flexibility index (Phi) is 5.02. The van der Waals surface area contributed by atoms with Gasteiger partial charge in [-0.25, -0.2) is 18.1 Å². The molecule has 158 valence electrons. The van der Waals surface area contributed by atoms with Gasteiger partial charge in [0.1, 0.15) is 4.88 Å². The number of sulfonamides is 1. The smallest absolute Gasteiger partial charge is 0.265 e. The summed E-state index contributed by atoms with van der Waals surface area (Å²) in [5, 5.41) is 4.80. The summed E-state index contributed by atoms with van der Waals surface area (Å²) in [6.07, 6.45) is 1.16. The van der Waals surface area contributed by atoms with Crippen LogP contribution in [-0.2, 0) is 15.4 Å². The van der Waals surface area contributed by atoms with E-state index >= 15 is 0 Å². The summed E-state index contributed by atoms with van der Waals surface area (Å²) >= 11 is 1.40. The zero-order chi connectivity index (χ0) is 21.0. The third-order valence-corrected chi connectivity index (χ3v) is 8.45. The number of carbonyl (C=O) groups is 1. The molecular formula is C18H25N5O4S2. The van der Waals surface area contributed by atoms with Crippen molar-refractivity contribution in [2.75, 3.05) is 18.8 Å². The van der Waals surface area contributed by atoms with Gasteiger partial charge in [0, 0.05) is 19.1 Å². The topological polar surface area (TPSA) is 118 Å². The van der Waals surface area contributed by atoms with Crippen molar-refractivity contribution in [3.63, 3.8) is 0 Å². The van der Waals surface area contributed by atoms with Crippen LogP contribution in [0, 0.1) is 26.7 Å². The number of rotatable bonds is 5. The average molecular weight is 440 g/mol. The van der Waals surface area contributed by atoms with Gasteiger partial charge in [-0.3, -0.25) is 4.79 Å². The number of hydrogen-bond acceptors (Lipinski definition) is 8. The number of amides is 1. The molecule has 2 aromatic heterocycles. The fourth-order valence-electron chi connectivity index (χ4n) is 4.66. The van der Waals surface area contributed by atoms with Gasteiger partial charge >= 0.3 is 0 Å². The number of nitrogens with one attached hydrogen (secondary N) is 1. The lowest BCUT2D eigenvalue weighted by atomic mass is 9.80. The molecule has 2 aromatic rings. The van der Waals surface area contributed by atoms with E-state index in [-0.39, 0.29) is 23.6 Å². The SMILES string of the molecule is CCS(=O)(=O)N[C@@H]1CC2CN(C(=O)c3sc(C)nc3C)C[C@@]2(c2nc(C)no2)C1. The standard InChI is InChI=1S/C18H25N5O4S2/c1-5-29(25,26)22-14-6-13-8-23(16(24)15-10(2)19-12(4)28-15)9-18(13,7-14)17-20-11(3)21-27-17/h13-14,22H,5-9H2,1-4H3/t13?,14-,18+/m1/s1. The van der Waals surface area contributed by atoms with Gasteiger partial charge in [-0.15, -0.1) is 11.3 Å². The first-order chi connectivity index (χ1) is 13.6. The monoisotopic (exact) mass is 439 g/mol. The maximum Gasteiger partial charge on any atom is 0.265 e. The van der Waals surface area contributed by atoms with Gasteiger partial charge in [0.2, 0.25) is 15.9 Å². The van der Waals surface area contributed by atoms with Crippen molar-refractivity contribution in [3.8, 4) is 0 Å². The van der Waals surface area contributed by atoms with Crippen LogP contribution >= 0.6 is 11.3 Å². The molecule has 1 amide bonds. The van der Waals surface area contributed by atoms with Gasteiger partial charge in [0.05, 0.1) is 21.9 Å². The molecule has 11 heteroatoms. The van der Waals surface area contributed by atoms with E-state index in [1.54, 1.807) is 13.8 Å². The van der Waals surface area contributed by atoms with Crippen molar-refractivity contribution >= 4 is 27.3 Å². The number of carbonyl (C=O) groups excluding carboxylic acids is 1. The average Bonchev–Trinajstić information content (AvgIpc) is 3.37. The van der Waals surface area contributed by atoms with Gasteiger partial charge in [-0.2, -0.15) is 4.98 Å². The fourth-order valence-corrected chi connectivity index (χ4v) is 6.40. The molecule has 1 saturated heterocycles. The molecule has 1 aliphatic heterocycles. The first-order valence-corrected chi connectivity index (χ1v) is 12.1. The normalized spacial score (nSPS) is 26.8. The van der Waals surface area contributed by atoms with E-state index in [9.17, 15) is 13.2 Å². The molecule has 0 radical (unpaired) electrons. The van der Waals surface area contributed by atoms with Crippen molar-refractivity contribution < 1.29 is 17.7 Å². The number of nitrogens with zero attached hydrogens (tertiary/aromatic N) is 4. The molecule has 1 N–H and O–H groups in total. The molecule has 29 heavy (non-hydrogen) atoms. The van der Waals surface area contributed by atoms with Gasteiger partial charge in [0.25, 0.3) is 5.91 Å². The lowest BCUT2D eigenvalue weighted by Crippen LogP contribution is -2.39. The molecule has 0 bridgehead atoms. The van der Waals surface area contributed by atoms with Crippen LogP contribution in [0.5, 0.6) is 0 Å². The molecule has 2 aliphatic rings. The zero-order valence-corrected chi connectivity index (χ0v) is 18.6. The minimum atomic E-state index is -3.32. The predicted molar refractivity (Wildman–Crippen MR) is 107 cm³/mol. The highest BCUT2D eigenvalue weighted by Crippen LogP contribution is 2.50. The highest BCUT2D eigenvalue weighted by molar-refractivity contribution is 7.89. The maximum atomic E-state index is 13.2. The molecule has 1 saturated carbocycles. The molecule has 0 spiro atoms. The Labute approximate surface area is 173 Å². The van der Waals surface area contributed by atoms with Crippen molar-refractivity contribution in [3.05, 3.63) is 27.3 Å². The first kappa shape index (κ1) is 20.4. The number of aromatic nitrogens is 3. The van der Waals surface area contributed by atoms with E-state index in [0.29, 0.717) is 42.5 Å². The van der Waals surface area contributed by atoms with Crippen molar-refractivity contribution in [2.24, 2.45) is 5.92 Å². The van der Waals surface area contributed by atoms with Crippen molar-refractivity contribution in [1.29, 1.82) is 0 Å². The molecular weight excluding hydrogens is 414 g/mol. The van der Waals surface area contributed by atoms with Crippen LogP contribution in [0.15, 0.2) is 4.52 Å². The van der Waals surface area contributed by atoms with Crippen LogP contribution in [-0.4, -0.2) is 59.2 Å². The third-order valence-electron chi connectivity index (χ3n) is 5.94. The molecule has 3 atom stereocenters. The molecule has 2 fully saturated rings. The molecule has 1 unspecified atom stereocenters. The van der Waals surface area contributed by atoms with Gasteiger partial charge < -0.3 is 9.42 Å². The summed E-state index contributed by atoms with van der Waals surface area (Å²) in [5.41, 5.74) is 0.205. The highest BCUT2D eigenvalue weighted by Gasteiger charge is 2.58. The summed E-state index contributed by atoms with van der Waals surface area (Å²) in [7, 11) is -3.32. The van der Waals surface area contributed by atoms with Gasteiger partial charge in [0.15, 0.2) is 5.82 Å². The van der Waals surface area contributed by atoms with Crippen LogP contribution in [0.2, 0.25) is 0 Å². The zero-order valence-electron chi connectivity index (χ0n) is 16.9. The summed E-state index contributed by atoms with van der Waals surface area (Å²) in [6, 6.07) is -0.207. The quantitative estimate of drug-likeness (QED) is 0.751. The predicted octanol–water partition coefficient (Wildman–Crippen LogP) is 1.56. The molecule has 0 aromatic carbocycles. The van der Waals surface area contributed by atoms with E-state index in [2.05, 4.69) is 19.8 Å². The van der Waals surface area contributed by atoms with Crippen LogP contribution in [0.25, 0.3) is 0 Å². The van der Waals surface area contributed by atoms with Crippen LogP contribution < -0.4 is 4.72 Å². The van der Waals surface area contributed by atoms with Gasteiger partial charge in [-0.05, 0) is 46.5 Å². The van der Waals surface area contributed by atoms with E-state index in [4.69, 9.17) is 4.52 Å². The van der Waals surface area contributed by atoms with E-state index < -0.39 is 15.4 Å². The van der Waals surface area contributed by atoms with Crippen molar-refractivity contribution in [1.82, 2.24) is 24.7 Å². The number of hydrogen-bond donors (Lipinski definition) is 1. The van der Waals surface area contributed by atoms with Gasteiger partial charge in [-0.1, -0.05) is 5.16 Å². The number of fused-ring (bicyclic) bond motifs is 1. The Morgan fingerprint density at radius 1 is 1.34 bits per heavy atom. The molecule has 3 heterocycles. The largest absolute Gasteiger partial charge is 0.339 e. The Morgan fingerprint density at radius 3 is 2.69 bits per heavy atom. The second kappa shape index (κ2) is 7.13. The van der Waals surface area contributed by atoms with Crippen LogP contribution in [0.3, 0.4) is 0 Å². The third kappa shape index (κ3) is 3.59. The number of thiazole rings is 1. The second-order valence-corrected chi connectivity index (χ2v) is 11.2. The lowest BCUT2D eigenvalue weighted by Gasteiger charge is -2.25. The maximum absolute atomic E-state index is 13.2. The Hall–Kier alpha value is -1.85. The lowest BCUT2D eigenvalue weighted by molar-refractivity contribution is 0.0777. The van der Waals surface area contributed by atoms with Crippen molar-refractivity contribution in [2.45, 2.75) is 52.0 Å². The summed E-state index contributed by atoms with van der Waals surface area (Å²) in [5.74, 6) is 1.07. The highest BCUT2D eigenvalue weighted by atomic mass is 32.2. The Morgan fingerprint density at radius 2 is 2.10 bits per heavy atom. The molecule has 4 rings (SSSR count). The first-order valence-electron chi connectivity index (χ1n) is 9.67. The number of aryl methyl sites for hydroxylation is 3. The second-order valence-electron chi connectivity index (χ2n) is 7.99. The van der Waals surface area contributed by atoms with Crippen LogP contribution in [0.4, 0.5) is 0 Å². The fraction of sp³-hybridized carbons (Fsp3) is 0.667. The summed E-state index contributed by atoms with van der Waals surface area (Å²) < 4.78 is 32.5. The minimum Gasteiger partial charge on any atom is -0.339 e. The molecule has 1 aliphatic carbocycles.